The van der Waals surface area contributed by atoms with Crippen molar-refractivity contribution in [2.45, 2.75) is 0 Å². The second kappa shape index (κ2) is 8.43. The van der Waals surface area contributed by atoms with Crippen molar-refractivity contribution in [3.05, 3.63) is 0 Å². The highest BCUT2D eigenvalue weighted by molar-refractivity contribution is 8.12. The van der Waals surface area contributed by atoms with Crippen molar-refractivity contribution < 1.29 is 36.8 Å². The van der Waals surface area contributed by atoms with E-state index in [4.69, 9.17) is 21.5 Å². The lowest BCUT2D eigenvalue weighted by molar-refractivity contribution is -1.73. The molecule has 0 aromatic rings. The van der Waals surface area contributed by atoms with E-state index in [2.05, 4.69) is 0 Å². The van der Waals surface area contributed by atoms with Gasteiger partial charge >= 0.3 is 0 Å². The van der Waals surface area contributed by atoms with Crippen LogP contribution in [-0.2, 0) is 0 Å². The van der Waals surface area contributed by atoms with Gasteiger partial charge < -0.3 is 10.3 Å². The molecule has 0 bridgehead atoms. The number of rotatable bonds is 0. The molecule has 0 atom stereocenters. The quantitative estimate of drug-likeness (QED) is 0.256. The molecule has 0 aromatic carbocycles. The highest BCUT2D eigenvalue weighted by Gasteiger charge is 1.80. The van der Waals surface area contributed by atoms with E-state index in [0.29, 0.717) is 5.17 Å². The third kappa shape index (κ3) is 59.0. The van der Waals surface area contributed by atoms with Crippen LogP contribution in [0.3, 0.4) is 0 Å². The number of thioether (sulfide) groups is 1. The Labute approximate surface area is 65.8 Å². The number of nitrogens with two attached hydrogens (primary N) is 2. The topological polar surface area (TPSA) is 121 Å². The van der Waals surface area contributed by atoms with Crippen molar-refractivity contribution in [2.24, 2.45) is 5.73 Å². The molecule has 4 N–H and O–H groups in total. The SMILES string of the molecule is CSC(N)=[NH2+].[O-][I+2]([O-])[O-]. The Bertz CT molecular complexity index is 77.5. The fourth-order valence-electron chi connectivity index (χ4n) is 0. The van der Waals surface area contributed by atoms with Gasteiger partial charge in [-0.25, -0.2) is 0 Å². The van der Waals surface area contributed by atoms with Crippen molar-refractivity contribution in [1.82, 2.24) is 0 Å². The van der Waals surface area contributed by atoms with Crippen LogP contribution in [0.2, 0.25) is 0 Å². The summed E-state index contributed by atoms with van der Waals surface area (Å²) in [6.45, 7) is 0. The maximum Gasteiger partial charge on any atom is 0.299 e. The summed E-state index contributed by atoms with van der Waals surface area (Å²) < 4.78 is 25.7. The van der Waals surface area contributed by atoms with E-state index in [9.17, 15) is 0 Å². The Morgan fingerprint density at radius 3 is 1.67 bits per heavy atom. The van der Waals surface area contributed by atoms with Gasteiger partial charge in [0, 0.05) is 0 Å². The van der Waals surface area contributed by atoms with Crippen LogP contribution in [0.25, 0.3) is 0 Å². The minimum Gasteiger partial charge on any atom is -0.427 e. The molecule has 0 aliphatic heterocycles. The van der Waals surface area contributed by atoms with Gasteiger partial charge in [0.1, 0.15) is 0 Å². The average molecular weight is 266 g/mol. The minimum absolute atomic E-state index is 0.421. The second-order valence-corrected chi connectivity index (χ2v) is 2.75. The molecule has 0 heterocycles. The van der Waals surface area contributed by atoms with Crippen molar-refractivity contribution in [1.29, 1.82) is 0 Å². The molecule has 56 valence electrons. The van der Waals surface area contributed by atoms with Gasteiger partial charge in [0.15, 0.2) is 0 Å². The molecule has 0 rings (SSSR count). The van der Waals surface area contributed by atoms with Crippen molar-refractivity contribution >= 4 is 16.9 Å². The molecule has 0 radical (unpaired) electrons. The first kappa shape index (κ1) is 12.1. The smallest absolute Gasteiger partial charge is 0.299 e. The predicted molar refractivity (Wildman–Crippen MR) is 24.6 cm³/mol. The zero-order valence-corrected chi connectivity index (χ0v) is 7.64. The normalized spacial score (nSPS) is 8.11. The van der Waals surface area contributed by atoms with E-state index in [1.807, 2.05) is 6.26 Å². The summed E-state index contributed by atoms with van der Waals surface area (Å²) in [5.41, 5.74) is 4.95. The van der Waals surface area contributed by atoms with E-state index >= 15 is 0 Å². The van der Waals surface area contributed by atoms with E-state index < -0.39 is 21.1 Å². The first-order valence-corrected chi connectivity index (χ1v) is 5.52. The maximum absolute atomic E-state index is 8.57. The molecular weight excluding hydrogens is 259 g/mol. The lowest BCUT2D eigenvalue weighted by Gasteiger charge is -1.84. The number of hydrogen-bond donors (Lipinski definition) is 2. The van der Waals surface area contributed by atoms with Crippen LogP contribution >= 0.6 is 11.8 Å². The molecule has 0 fully saturated rings. The summed E-state index contributed by atoms with van der Waals surface area (Å²) in [6.07, 6.45) is 1.83. The van der Waals surface area contributed by atoms with Crippen LogP contribution in [0.5, 0.6) is 0 Å². The van der Waals surface area contributed by atoms with Crippen LogP contribution in [-0.4, -0.2) is 11.4 Å². The first-order valence-electron chi connectivity index (χ1n) is 1.65. The number of amidine groups is 1. The molecule has 0 unspecified atom stereocenters. The van der Waals surface area contributed by atoms with Gasteiger partial charge in [-0.3, -0.25) is 11.1 Å². The molecule has 0 amide bonds. The molecule has 5 nitrogen and oxygen atoms in total. The number of hydrogen-bond acceptors (Lipinski definition) is 4. The summed E-state index contributed by atoms with van der Waals surface area (Å²) in [4.78, 5) is 0. The molecule has 0 spiro atoms. The summed E-state index contributed by atoms with van der Waals surface area (Å²) in [5, 5.41) is 5.37. The maximum atomic E-state index is 8.57. The Morgan fingerprint density at radius 2 is 1.67 bits per heavy atom. The number of halogens is 1. The minimum atomic E-state index is -4.01. The van der Waals surface area contributed by atoms with Crippen LogP contribution < -0.4 is 42.5 Å². The fraction of sp³-hybridized carbons (Fsp3) is 0.500. The van der Waals surface area contributed by atoms with Crippen LogP contribution in [0, 0.1) is 0 Å². The van der Waals surface area contributed by atoms with Gasteiger partial charge in [-0.1, -0.05) is 0 Å². The van der Waals surface area contributed by atoms with Crippen molar-refractivity contribution in [3.8, 4) is 0 Å². The van der Waals surface area contributed by atoms with Crippen LogP contribution in [0.4, 0.5) is 0 Å². The zero-order valence-electron chi connectivity index (χ0n) is 4.67. The molecule has 0 aliphatic rings. The Morgan fingerprint density at radius 1 is 1.56 bits per heavy atom. The first-order chi connectivity index (χ1) is 4.00. The van der Waals surface area contributed by atoms with Crippen LogP contribution in [0.1, 0.15) is 0 Å². The highest BCUT2D eigenvalue weighted by Crippen LogP contribution is 1.79. The second-order valence-electron chi connectivity index (χ2n) is 0.795. The average Bonchev–Trinajstić information content (AvgIpc) is 1.65. The van der Waals surface area contributed by atoms with Gasteiger partial charge in [0.05, 0.1) is 0 Å². The molecule has 9 heavy (non-hydrogen) atoms. The zero-order chi connectivity index (χ0) is 7.86. The molecule has 0 aromatic heterocycles. The summed E-state index contributed by atoms with van der Waals surface area (Å²) in [7, 11) is 0. The fourth-order valence-corrected chi connectivity index (χ4v) is 0. The van der Waals surface area contributed by atoms with Crippen molar-refractivity contribution in [3.63, 3.8) is 0 Å². The molecule has 0 saturated carbocycles. The summed E-state index contributed by atoms with van der Waals surface area (Å²) >= 11 is -2.66. The van der Waals surface area contributed by atoms with Gasteiger partial charge in [-0.2, -0.15) is 0 Å². The monoisotopic (exact) mass is 266 g/mol. The summed E-state index contributed by atoms with van der Waals surface area (Å²) in [6, 6.07) is 0. The molecular formula is C2H7IN2O3S. The largest absolute Gasteiger partial charge is 0.427 e. The van der Waals surface area contributed by atoms with E-state index in [-0.39, 0.29) is 0 Å². The van der Waals surface area contributed by atoms with E-state index in [1.54, 1.807) is 0 Å². The molecule has 7 heteroatoms. The van der Waals surface area contributed by atoms with Gasteiger partial charge in [0.2, 0.25) is 0 Å². The molecule has 0 aliphatic carbocycles. The lowest BCUT2D eigenvalue weighted by atomic mass is 11.4. The standard InChI is InChI=1S/C2H6N2S.IO3/c1-5-2(3)4;2-1(3)4/h1H3,(H3,3,4);/q;-1/p+1. The Balaban J connectivity index is 0. The van der Waals surface area contributed by atoms with Gasteiger partial charge in [-0.15, -0.1) is 0 Å². The highest BCUT2D eigenvalue weighted by atomic mass is 127. The third-order valence-corrected chi connectivity index (χ3v) is 0.707. The van der Waals surface area contributed by atoms with Crippen LogP contribution in [0.15, 0.2) is 0 Å². The van der Waals surface area contributed by atoms with Crippen molar-refractivity contribution in [2.75, 3.05) is 6.26 Å². The lowest BCUT2D eigenvalue weighted by Crippen LogP contribution is -4.05. The van der Waals surface area contributed by atoms with E-state index in [0.717, 1.165) is 0 Å². The predicted octanol–water partition coefficient (Wildman–Crippen LogP) is -8.14. The third-order valence-electron chi connectivity index (χ3n) is 0.236. The Kier molecular flexibility index (Phi) is 11.4. The van der Waals surface area contributed by atoms with E-state index in [1.165, 1.54) is 11.8 Å². The van der Waals surface area contributed by atoms with Gasteiger partial charge in [0.25, 0.3) is 26.2 Å². The molecule has 0 saturated heterocycles. The summed E-state index contributed by atoms with van der Waals surface area (Å²) in [5.74, 6) is 0. The van der Waals surface area contributed by atoms with Gasteiger partial charge in [-0.05, 0) is 18.0 Å². The Hall–Kier alpha value is 0.430.